The lowest BCUT2D eigenvalue weighted by molar-refractivity contribution is -0.123. The first kappa shape index (κ1) is 15.1. The zero-order valence-electron chi connectivity index (χ0n) is 13.1. The Hall–Kier alpha value is -2.76. The maximum absolute atomic E-state index is 12.3. The van der Waals surface area contributed by atoms with Gasteiger partial charge in [-0.05, 0) is 31.0 Å². The Bertz CT molecular complexity index is 740. The van der Waals surface area contributed by atoms with Crippen LogP contribution >= 0.6 is 0 Å². The second-order valence-corrected chi connectivity index (χ2v) is 5.81. The molecule has 3 rings (SSSR count). The van der Waals surface area contributed by atoms with Crippen LogP contribution < -0.4 is 5.32 Å². The highest BCUT2D eigenvalue weighted by molar-refractivity contribution is 5.97. The molecule has 0 spiro atoms. The molecule has 23 heavy (non-hydrogen) atoms. The molecule has 0 unspecified atom stereocenters. The van der Waals surface area contributed by atoms with Crippen LogP contribution in [0.1, 0.15) is 21.6 Å². The average molecular weight is 310 g/mol. The van der Waals surface area contributed by atoms with Gasteiger partial charge in [-0.3, -0.25) is 14.6 Å². The van der Waals surface area contributed by atoms with Crippen LogP contribution in [-0.4, -0.2) is 39.8 Å². The first-order chi connectivity index (χ1) is 11.0. The molecule has 1 N–H and O–H groups in total. The normalized spacial score (nSPS) is 14.3. The SMILES string of the molecule is Cc1ccc(C)c(NC(=O)C2CN(C(=O)c3cnccn3)C2)c1. The smallest absolute Gasteiger partial charge is 0.274 e. The lowest BCUT2D eigenvalue weighted by Crippen LogP contribution is -2.54. The molecule has 2 heterocycles. The summed E-state index contributed by atoms with van der Waals surface area (Å²) in [7, 11) is 0. The van der Waals surface area contributed by atoms with Crippen molar-refractivity contribution in [3.63, 3.8) is 0 Å². The fraction of sp³-hybridized carbons (Fsp3) is 0.294. The number of benzene rings is 1. The molecule has 6 heteroatoms. The van der Waals surface area contributed by atoms with Crippen LogP contribution in [0.5, 0.6) is 0 Å². The molecule has 2 amide bonds. The molecule has 0 bridgehead atoms. The zero-order chi connectivity index (χ0) is 16.4. The van der Waals surface area contributed by atoms with Gasteiger partial charge in [0.1, 0.15) is 5.69 Å². The molecule has 0 aliphatic carbocycles. The number of nitrogens with one attached hydrogen (secondary N) is 1. The van der Waals surface area contributed by atoms with Crippen molar-refractivity contribution in [1.29, 1.82) is 0 Å². The Morgan fingerprint density at radius 3 is 2.70 bits per heavy atom. The predicted octanol–water partition coefficient (Wildman–Crippen LogP) is 1.80. The van der Waals surface area contributed by atoms with Gasteiger partial charge in [0.25, 0.3) is 5.91 Å². The molecule has 6 nitrogen and oxygen atoms in total. The molecule has 0 saturated carbocycles. The van der Waals surface area contributed by atoms with Crippen molar-refractivity contribution < 1.29 is 9.59 Å². The summed E-state index contributed by atoms with van der Waals surface area (Å²) in [5, 5.41) is 2.95. The van der Waals surface area contributed by atoms with Crippen molar-refractivity contribution in [3.05, 3.63) is 53.6 Å². The summed E-state index contributed by atoms with van der Waals surface area (Å²) in [6.45, 7) is 4.76. The summed E-state index contributed by atoms with van der Waals surface area (Å²) in [6.07, 6.45) is 4.44. The number of hydrogen-bond acceptors (Lipinski definition) is 4. The Kier molecular flexibility index (Phi) is 4.06. The second-order valence-electron chi connectivity index (χ2n) is 5.81. The van der Waals surface area contributed by atoms with Crippen molar-refractivity contribution in [3.8, 4) is 0 Å². The maximum Gasteiger partial charge on any atom is 0.274 e. The highest BCUT2D eigenvalue weighted by Gasteiger charge is 2.36. The highest BCUT2D eigenvalue weighted by Crippen LogP contribution is 2.22. The number of carbonyl (C=O) groups excluding carboxylic acids is 2. The van der Waals surface area contributed by atoms with E-state index in [0.717, 1.165) is 16.8 Å². The molecule has 1 aromatic carbocycles. The summed E-state index contributed by atoms with van der Waals surface area (Å²) in [5.74, 6) is -0.425. The highest BCUT2D eigenvalue weighted by atomic mass is 16.2. The summed E-state index contributed by atoms with van der Waals surface area (Å²) in [4.78, 5) is 33.9. The van der Waals surface area contributed by atoms with E-state index in [-0.39, 0.29) is 17.7 Å². The van der Waals surface area contributed by atoms with Gasteiger partial charge >= 0.3 is 0 Å². The van der Waals surface area contributed by atoms with Gasteiger partial charge in [-0.2, -0.15) is 0 Å². The molecule has 0 atom stereocenters. The van der Waals surface area contributed by atoms with Gasteiger partial charge in [0.2, 0.25) is 5.91 Å². The standard InChI is InChI=1S/C17H18N4O2/c1-11-3-4-12(2)14(7-11)20-16(22)13-9-21(10-13)17(23)15-8-18-5-6-19-15/h3-8,13H,9-10H2,1-2H3,(H,20,22). The van der Waals surface area contributed by atoms with Gasteiger partial charge in [0, 0.05) is 31.2 Å². The van der Waals surface area contributed by atoms with E-state index in [4.69, 9.17) is 0 Å². The van der Waals surface area contributed by atoms with Crippen LogP contribution in [0.4, 0.5) is 5.69 Å². The predicted molar refractivity (Wildman–Crippen MR) is 86.0 cm³/mol. The van der Waals surface area contributed by atoms with E-state index >= 15 is 0 Å². The topological polar surface area (TPSA) is 75.2 Å². The number of aromatic nitrogens is 2. The van der Waals surface area contributed by atoms with Crippen LogP contribution in [0.25, 0.3) is 0 Å². The van der Waals surface area contributed by atoms with E-state index in [1.165, 1.54) is 18.6 Å². The van der Waals surface area contributed by atoms with Crippen molar-refractivity contribution in [2.45, 2.75) is 13.8 Å². The zero-order valence-corrected chi connectivity index (χ0v) is 13.1. The quantitative estimate of drug-likeness (QED) is 0.938. The summed E-state index contributed by atoms with van der Waals surface area (Å²) in [5.41, 5.74) is 3.25. The average Bonchev–Trinajstić information content (AvgIpc) is 2.50. The molecule has 2 aromatic rings. The Balaban J connectivity index is 1.58. The van der Waals surface area contributed by atoms with Gasteiger partial charge in [0.15, 0.2) is 0 Å². The van der Waals surface area contributed by atoms with E-state index in [9.17, 15) is 9.59 Å². The first-order valence-corrected chi connectivity index (χ1v) is 7.48. The third-order valence-corrected chi connectivity index (χ3v) is 3.97. The molecule has 1 aliphatic heterocycles. The fourth-order valence-electron chi connectivity index (χ4n) is 2.49. The number of likely N-dealkylation sites (tertiary alicyclic amines) is 1. The number of aryl methyl sites for hydroxylation is 2. The Morgan fingerprint density at radius 1 is 1.22 bits per heavy atom. The first-order valence-electron chi connectivity index (χ1n) is 7.48. The van der Waals surface area contributed by atoms with Crippen LogP contribution in [0.2, 0.25) is 0 Å². The minimum atomic E-state index is -0.186. The van der Waals surface area contributed by atoms with E-state index in [0.29, 0.717) is 18.8 Å². The van der Waals surface area contributed by atoms with E-state index in [1.54, 1.807) is 4.90 Å². The van der Waals surface area contributed by atoms with Crippen LogP contribution in [-0.2, 0) is 4.79 Å². The van der Waals surface area contributed by atoms with E-state index < -0.39 is 0 Å². The van der Waals surface area contributed by atoms with Gasteiger partial charge < -0.3 is 10.2 Å². The van der Waals surface area contributed by atoms with Crippen LogP contribution in [0.3, 0.4) is 0 Å². The van der Waals surface area contributed by atoms with Crippen molar-refractivity contribution in [1.82, 2.24) is 14.9 Å². The molecule has 1 aromatic heterocycles. The van der Waals surface area contributed by atoms with Gasteiger partial charge in [-0.1, -0.05) is 12.1 Å². The van der Waals surface area contributed by atoms with Crippen molar-refractivity contribution in [2.75, 3.05) is 18.4 Å². The molecule has 1 aliphatic rings. The Labute approximate surface area is 134 Å². The van der Waals surface area contributed by atoms with Gasteiger partial charge in [0.05, 0.1) is 12.1 Å². The number of carbonyl (C=O) groups is 2. The minimum Gasteiger partial charge on any atom is -0.336 e. The van der Waals surface area contributed by atoms with E-state index in [2.05, 4.69) is 15.3 Å². The lowest BCUT2D eigenvalue weighted by atomic mass is 9.98. The van der Waals surface area contributed by atoms with Crippen molar-refractivity contribution in [2.24, 2.45) is 5.92 Å². The molecular formula is C17H18N4O2. The van der Waals surface area contributed by atoms with Crippen LogP contribution in [0, 0.1) is 19.8 Å². The molecule has 1 fully saturated rings. The molecule has 118 valence electrons. The number of rotatable bonds is 3. The number of amides is 2. The monoisotopic (exact) mass is 310 g/mol. The van der Waals surface area contributed by atoms with Gasteiger partial charge in [-0.25, -0.2) is 4.98 Å². The molecule has 0 radical (unpaired) electrons. The molecule has 1 saturated heterocycles. The third kappa shape index (κ3) is 3.21. The molecular weight excluding hydrogens is 292 g/mol. The third-order valence-electron chi connectivity index (χ3n) is 3.97. The lowest BCUT2D eigenvalue weighted by Gasteiger charge is -2.37. The number of hydrogen-bond donors (Lipinski definition) is 1. The largest absolute Gasteiger partial charge is 0.336 e. The van der Waals surface area contributed by atoms with Crippen molar-refractivity contribution >= 4 is 17.5 Å². The fourth-order valence-corrected chi connectivity index (χ4v) is 2.49. The summed E-state index contributed by atoms with van der Waals surface area (Å²) >= 11 is 0. The number of anilines is 1. The maximum atomic E-state index is 12.3. The minimum absolute atomic E-state index is 0.0538. The van der Waals surface area contributed by atoms with Crippen LogP contribution in [0.15, 0.2) is 36.8 Å². The summed E-state index contributed by atoms with van der Waals surface area (Å²) < 4.78 is 0. The van der Waals surface area contributed by atoms with E-state index in [1.807, 2.05) is 32.0 Å². The van der Waals surface area contributed by atoms with Gasteiger partial charge in [-0.15, -0.1) is 0 Å². The Morgan fingerprint density at radius 2 is 2.00 bits per heavy atom. The number of nitrogens with zero attached hydrogens (tertiary/aromatic N) is 3. The summed E-state index contributed by atoms with van der Waals surface area (Å²) in [6, 6.07) is 5.94. The second kappa shape index (κ2) is 6.16.